The quantitative estimate of drug-likeness (QED) is 0.391. The van der Waals surface area contributed by atoms with E-state index in [9.17, 15) is 19.2 Å². The molecule has 9 nitrogen and oxygen atoms in total. The molecule has 9 heteroatoms. The number of anilines is 2. The molecule has 1 spiro atoms. The van der Waals surface area contributed by atoms with Gasteiger partial charge in [0.25, 0.3) is 5.56 Å². The third-order valence-corrected chi connectivity index (χ3v) is 8.46. The van der Waals surface area contributed by atoms with Crippen LogP contribution in [-0.4, -0.2) is 33.3 Å². The molecule has 4 aromatic rings. The van der Waals surface area contributed by atoms with Crippen molar-refractivity contribution in [3.63, 3.8) is 0 Å². The van der Waals surface area contributed by atoms with Crippen molar-refractivity contribution in [2.45, 2.75) is 32.4 Å². The molecular weight excluding hydrogens is 506 g/mol. The van der Waals surface area contributed by atoms with Gasteiger partial charge in [-0.25, -0.2) is 9.88 Å². The molecule has 4 atom stereocenters. The number of nitrogens with one attached hydrogen (secondary N) is 2. The van der Waals surface area contributed by atoms with Crippen LogP contribution in [0.3, 0.4) is 0 Å². The summed E-state index contributed by atoms with van der Waals surface area (Å²) in [7, 11) is 0. The second-order valence-corrected chi connectivity index (χ2v) is 11.1. The highest BCUT2D eigenvalue weighted by molar-refractivity contribution is 6.23. The van der Waals surface area contributed by atoms with E-state index in [0.717, 1.165) is 5.56 Å². The summed E-state index contributed by atoms with van der Waals surface area (Å²) >= 11 is 0. The Balaban J connectivity index is 1.45. The van der Waals surface area contributed by atoms with Crippen molar-refractivity contribution in [2.75, 3.05) is 10.2 Å². The number of fused-ring (bicyclic) bond motifs is 8. The van der Waals surface area contributed by atoms with Crippen LogP contribution in [0.4, 0.5) is 11.4 Å². The topological polar surface area (TPSA) is 113 Å². The van der Waals surface area contributed by atoms with Crippen molar-refractivity contribution in [1.29, 1.82) is 0 Å². The number of amides is 3. The van der Waals surface area contributed by atoms with Gasteiger partial charge in [-0.2, -0.15) is 0 Å². The van der Waals surface area contributed by atoms with E-state index in [0.29, 0.717) is 33.8 Å². The Hall–Kier alpha value is -4.63. The molecular formula is C31H27N5O4. The highest BCUT2D eigenvalue weighted by atomic mass is 16.2. The standard InChI is InChI=1S/C31H27N5O4/c1-16(2)26-24-25(29(40)35(28(24)39)19-14-12-18(13-15-19)32-17(3)37)31(34-26)21-9-5-7-11-23(21)36-27(38)20-8-4-6-10-22(20)33-30(31)36/h4-16,24-26,34H,1-3H3,(H,32,37). The van der Waals surface area contributed by atoms with Gasteiger partial charge in [-0.15, -0.1) is 0 Å². The summed E-state index contributed by atoms with van der Waals surface area (Å²) in [5, 5.41) is 6.90. The number of para-hydroxylation sites is 2. The average Bonchev–Trinajstić information content (AvgIpc) is 3.53. The summed E-state index contributed by atoms with van der Waals surface area (Å²) in [5.74, 6) is -1.88. The Morgan fingerprint density at radius 2 is 1.65 bits per heavy atom. The van der Waals surface area contributed by atoms with Crippen LogP contribution in [0, 0.1) is 17.8 Å². The fraction of sp³-hybridized carbons (Fsp3) is 0.258. The van der Waals surface area contributed by atoms with E-state index >= 15 is 0 Å². The molecule has 2 saturated heterocycles. The molecule has 40 heavy (non-hydrogen) atoms. The van der Waals surface area contributed by atoms with Gasteiger partial charge in [-0.3, -0.25) is 29.1 Å². The molecule has 7 rings (SSSR count). The lowest BCUT2D eigenvalue weighted by molar-refractivity contribution is -0.123. The molecule has 3 amide bonds. The van der Waals surface area contributed by atoms with Crippen LogP contribution in [0.5, 0.6) is 0 Å². The van der Waals surface area contributed by atoms with Crippen molar-refractivity contribution < 1.29 is 14.4 Å². The van der Waals surface area contributed by atoms with Crippen LogP contribution in [-0.2, 0) is 19.9 Å². The van der Waals surface area contributed by atoms with E-state index in [1.54, 1.807) is 41.0 Å². The van der Waals surface area contributed by atoms with Crippen LogP contribution in [0.2, 0.25) is 0 Å². The molecule has 4 unspecified atom stereocenters. The maximum Gasteiger partial charge on any atom is 0.266 e. The summed E-state index contributed by atoms with van der Waals surface area (Å²) in [5.41, 5.74) is 1.59. The van der Waals surface area contributed by atoms with Crippen LogP contribution in [0.15, 0.2) is 77.6 Å². The first-order valence-corrected chi connectivity index (χ1v) is 13.4. The minimum atomic E-state index is -1.17. The number of hydrogen-bond acceptors (Lipinski definition) is 6. The molecule has 3 aromatic carbocycles. The Bertz CT molecular complexity index is 1810. The Kier molecular flexibility index (Phi) is 5.15. The molecule has 2 fully saturated rings. The van der Waals surface area contributed by atoms with E-state index in [-0.39, 0.29) is 35.2 Å². The molecule has 0 saturated carbocycles. The SMILES string of the molecule is CC(=O)Nc1ccc(N2C(=O)C3C(C(C)C)NC4(c5ccccc5-n5c4nc4ccccc4c5=O)C3C2=O)cc1. The van der Waals surface area contributed by atoms with Gasteiger partial charge in [0.1, 0.15) is 11.4 Å². The highest BCUT2D eigenvalue weighted by Crippen LogP contribution is 2.56. The first-order chi connectivity index (χ1) is 19.2. The van der Waals surface area contributed by atoms with Crippen LogP contribution >= 0.6 is 0 Å². The van der Waals surface area contributed by atoms with Gasteiger partial charge in [0.15, 0.2) is 0 Å². The van der Waals surface area contributed by atoms with Gasteiger partial charge < -0.3 is 5.32 Å². The van der Waals surface area contributed by atoms with Crippen molar-refractivity contribution in [3.05, 3.63) is 94.5 Å². The number of aromatic nitrogens is 2. The molecule has 3 aliphatic heterocycles. The molecule has 0 bridgehead atoms. The fourth-order valence-corrected chi connectivity index (χ4v) is 6.88. The number of hydrogen-bond donors (Lipinski definition) is 2. The third-order valence-electron chi connectivity index (χ3n) is 8.46. The monoisotopic (exact) mass is 533 g/mol. The molecule has 3 aliphatic rings. The number of nitrogens with zero attached hydrogens (tertiary/aromatic N) is 3. The largest absolute Gasteiger partial charge is 0.326 e. The van der Waals surface area contributed by atoms with Gasteiger partial charge >= 0.3 is 0 Å². The zero-order valence-corrected chi connectivity index (χ0v) is 22.2. The summed E-state index contributed by atoms with van der Waals surface area (Å²) in [6.45, 7) is 5.47. The lowest BCUT2D eigenvalue weighted by Crippen LogP contribution is -2.51. The molecule has 200 valence electrons. The van der Waals surface area contributed by atoms with Crippen LogP contribution in [0.1, 0.15) is 32.2 Å². The average molecular weight is 534 g/mol. The van der Waals surface area contributed by atoms with Crippen molar-refractivity contribution in [2.24, 2.45) is 17.8 Å². The third kappa shape index (κ3) is 3.09. The van der Waals surface area contributed by atoms with E-state index in [2.05, 4.69) is 10.6 Å². The zero-order chi connectivity index (χ0) is 27.9. The minimum Gasteiger partial charge on any atom is -0.326 e. The van der Waals surface area contributed by atoms with Gasteiger partial charge in [-0.05, 0) is 48.4 Å². The lowest BCUT2D eigenvalue weighted by atomic mass is 9.75. The molecule has 1 aromatic heterocycles. The van der Waals surface area contributed by atoms with Gasteiger partial charge in [0.2, 0.25) is 17.7 Å². The summed E-state index contributed by atoms with van der Waals surface area (Å²) in [4.78, 5) is 60.2. The number of rotatable bonds is 3. The maximum atomic E-state index is 14.4. The second-order valence-electron chi connectivity index (χ2n) is 11.1. The van der Waals surface area contributed by atoms with Crippen molar-refractivity contribution in [1.82, 2.24) is 14.9 Å². The minimum absolute atomic E-state index is 0.0131. The van der Waals surface area contributed by atoms with Crippen LogP contribution in [0.25, 0.3) is 16.6 Å². The van der Waals surface area contributed by atoms with Gasteiger partial charge in [0, 0.05) is 24.2 Å². The van der Waals surface area contributed by atoms with Crippen LogP contribution < -0.4 is 21.1 Å². The molecule has 0 aliphatic carbocycles. The molecule has 0 radical (unpaired) electrons. The van der Waals surface area contributed by atoms with Crippen molar-refractivity contribution >= 4 is 40.0 Å². The van der Waals surface area contributed by atoms with Crippen molar-refractivity contribution in [3.8, 4) is 5.69 Å². The highest BCUT2D eigenvalue weighted by Gasteiger charge is 2.70. The predicted molar refractivity (Wildman–Crippen MR) is 150 cm³/mol. The summed E-state index contributed by atoms with van der Waals surface area (Å²) < 4.78 is 1.60. The Morgan fingerprint density at radius 3 is 2.38 bits per heavy atom. The first kappa shape index (κ1) is 24.4. The number of benzene rings is 3. The van der Waals surface area contributed by atoms with E-state index in [1.807, 2.05) is 50.2 Å². The summed E-state index contributed by atoms with van der Waals surface area (Å²) in [6.07, 6.45) is 0. The predicted octanol–water partition coefficient (Wildman–Crippen LogP) is 3.33. The van der Waals surface area contributed by atoms with E-state index < -0.39 is 17.4 Å². The molecule has 2 N–H and O–H groups in total. The lowest BCUT2D eigenvalue weighted by Gasteiger charge is -2.32. The zero-order valence-electron chi connectivity index (χ0n) is 22.2. The van der Waals surface area contributed by atoms with E-state index in [4.69, 9.17) is 4.98 Å². The smallest absolute Gasteiger partial charge is 0.266 e. The van der Waals surface area contributed by atoms with Gasteiger partial charge in [-0.1, -0.05) is 44.2 Å². The number of carbonyl (C=O) groups excluding carboxylic acids is 3. The number of carbonyl (C=O) groups is 3. The molecule has 4 heterocycles. The maximum absolute atomic E-state index is 14.4. The normalized spacial score (nSPS) is 24.6. The van der Waals surface area contributed by atoms with E-state index in [1.165, 1.54) is 11.8 Å². The first-order valence-electron chi connectivity index (χ1n) is 13.4. The fourth-order valence-electron chi connectivity index (χ4n) is 6.88. The Morgan fingerprint density at radius 1 is 0.950 bits per heavy atom. The Labute approximate surface area is 229 Å². The number of imide groups is 1. The second kappa shape index (κ2) is 8.43. The van der Waals surface area contributed by atoms with Gasteiger partial charge in [0.05, 0.1) is 34.1 Å². The summed E-state index contributed by atoms with van der Waals surface area (Å²) in [6, 6.07) is 21.1.